The van der Waals surface area contributed by atoms with Crippen LogP contribution in [0.3, 0.4) is 0 Å². The molecule has 0 aliphatic heterocycles. The van der Waals surface area contributed by atoms with Crippen LogP contribution in [0.15, 0.2) is 61.7 Å². The van der Waals surface area contributed by atoms with Crippen molar-refractivity contribution in [2.24, 2.45) is 0 Å². The lowest BCUT2D eigenvalue weighted by Gasteiger charge is -2.31. The number of benzene rings is 2. The largest absolute Gasteiger partial charge is 0.103 e. The lowest BCUT2D eigenvalue weighted by molar-refractivity contribution is 0.540. The molecule has 1 aliphatic rings. The Bertz CT molecular complexity index is 806. The zero-order chi connectivity index (χ0) is 20.0. The zero-order valence-electron chi connectivity index (χ0n) is 17.9. The number of hydrogen-bond donors (Lipinski definition) is 0. The third-order valence-electron chi connectivity index (χ3n) is 6.08. The van der Waals surface area contributed by atoms with Gasteiger partial charge in [0.15, 0.2) is 0 Å². The lowest BCUT2D eigenvalue weighted by atomic mass is 9.72. The summed E-state index contributed by atoms with van der Waals surface area (Å²) in [7, 11) is 0. The molecule has 0 fully saturated rings. The average Bonchev–Trinajstić information content (AvgIpc) is 2.84. The van der Waals surface area contributed by atoms with E-state index in [0.29, 0.717) is 0 Å². The first-order valence-corrected chi connectivity index (χ1v) is 10.1. The molecule has 0 spiro atoms. The van der Waals surface area contributed by atoms with Crippen molar-refractivity contribution in [3.05, 3.63) is 84.0 Å². The number of rotatable bonds is 4. The highest BCUT2D eigenvalue weighted by atomic mass is 14.4. The van der Waals surface area contributed by atoms with Crippen molar-refractivity contribution in [1.82, 2.24) is 0 Å². The summed E-state index contributed by atoms with van der Waals surface area (Å²) in [6.07, 6.45) is 6.00. The Kier molecular flexibility index (Phi) is 4.75. The van der Waals surface area contributed by atoms with Gasteiger partial charge in [-0.2, -0.15) is 0 Å². The van der Waals surface area contributed by atoms with Crippen LogP contribution in [0.1, 0.15) is 76.6 Å². The molecule has 0 saturated heterocycles. The molecule has 0 saturated carbocycles. The molecule has 2 aromatic rings. The van der Waals surface area contributed by atoms with E-state index in [-0.39, 0.29) is 16.2 Å². The van der Waals surface area contributed by atoms with E-state index in [0.717, 1.165) is 12.8 Å². The molecule has 0 unspecified atom stereocenters. The summed E-state index contributed by atoms with van der Waals surface area (Å²) in [5.74, 6) is 0. The Morgan fingerprint density at radius 3 is 1.37 bits per heavy atom. The van der Waals surface area contributed by atoms with Gasteiger partial charge >= 0.3 is 0 Å². The van der Waals surface area contributed by atoms with E-state index in [1.165, 1.54) is 33.4 Å². The SMILES string of the molecule is C=CCC1(CC=C)c2ccc(C(C)(C)C)cc2-c2cc(C(C)(C)C)ccc21. The zero-order valence-corrected chi connectivity index (χ0v) is 17.9. The van der Waals surface area contributed by atoms with Crippen LogP contribution < -0.4 is 0 Å². The predicted octanol–water partition coefficient (Wildman–Crippen LogP) is 7.70. The molecule has 3 rings (SSSR count). The molecule has 0 bridgehead atoms. The van der Waals surface area contributed by atoms with Gasteiger partial charge in [0.2, 0.25) is 0 Å². The van der Waals surface area contributed by atoms with E-state index < -0.39 is 0 Å². The molecule has 0 atom stereocenters. The van der Waals surface area contributed by atoms with Gasteiger partial charge in [-0.1, -0.05) is 90.1 Å². The summed E-state index contributed by atoms with van der Waals surface area (Å²) in [5.41, 5.74) is 8.66. The second kappa shape index (κ2) is 6.51. The molecule has 0 radical (unpaired) electrons. The highest BCUT2D eigenvalue weighted by Gasteiger charge is 2.42. The van der Waals surface area contributed by atoms with E-state index in [1.54, 1.807) is 0 Å². The molecule has 0 amide bonds. The third kappa shape index (κ3) is 3.20. The molecule has 0 N–H and O–H groups in total. The fourth-order valence-electron chi connectivity index (χ4n) is 4.46. The second-order valence-corrected chi connectivity index (χ2v) is 10.1. The molecule has 142 valence electrons. The highest BCUT2D eigenvalue weighted by molar-refractivity contribution is 5.82. The molecular formula is C27H34. The average molecular weight is 359 g/mol. The van der Waals surface area contributed by atoms with Gasteiger partial charge in [0.1, 0.15) is 0 Å². The van der Waals surface area contributed by atoms with Crippen LogP contribution in [-0.2, 0) is 16.2 Å². The first-order chi connectivity index (χ1) is 12.5. The number of fused-ring (bicyclic) bond motifs is 3. The van der Waals surface area contributed by atoms with Crippen molar-refractivity contribution in [3.63, 3.8) is 0 Å². The minimum absolute atomic E-state index is 0.0407. The minimum Gasteiger partial charge on any atom is -0.103 e. The van der Waals surface area contributed by atoms with Crippen molar-refractivity contribution in [1.29, 1.82) is 0 Å². The Morgan fingerprint density at radius 2 is 1.07 bits per heavy atom. The van der Waals surface area contributed by atoms with E-state index >= 15 is 0 Å². The van der Waals surface area contributed by atoms with Gasteiger partial charge in [-0.25, -0.2) is 0 Å². The van der Waals surface area contributed by atoms with Gasteiger partial charge in [0, 0.05) is 5.41 Å². The number of hydrogen-bond acceptors (Lipinski definition) is 0. The Morgan fingerprint density at radius 1 is 0.704 bits per heavy atom. The number of allylic oxidation sites excluding steroid dienone is 2. The Labute approximate surface area is 166 Å². The van der Waals surface area contributed by atoms with Crippen molar-refractivity contribution >= 4 is 0 Å². The quantitative estimate of drug-likeness (QED) is 0.491. The molecule has 0 nitrogen and oxygen atoms in total. The van der Waals surface area contributed by atoms with Crippen molar-refractivity contribution in [2.75, 3.05) is 0 Å². The van der Waals surface area contributed by atoms with Gasteiger partial charge in [0.05, 0.1) is 0 Å². The normalized spacial score (nSPS) is 15.2. The highest BCUT2D eigenvalue weighted by Crippen LogP contribution is 2.54. The maximum Gasteiger partial charge on any atom is 0.0283 e. The van der Waals surface area contributed by atoms with Gasteiger partial charge in [0.25, 0.3) is 0 Å². The molecule has 27 heavy (non-hydrogen) atoms. The topological polar surface area (TPSA) is 0 Å². The third-order valence-corrected chi connectivity index (χ3v) is 6.08. The van der Waals surface area contributed by atoms with E-state index in [1.807, 2.05) is 0 Å². The smallest absolute Gasteiger partial charge is 0.0283 e. The maximum absolute atomic E-state index is 4.08. The molecular weight excluding hydrogens is 324 g/mol. The van der Waals surface area contributed by atoms with Crippen LogP contribution in [0.4, 0.5) is 0 Å². The van der Waals surface area contributed by atoms with E-state index in [2.05, 4.69) is 103 Å². The first-order valence-electron chi connectivity index (χ1n) is 10.1. The standard InChI is InChI=1S/C27H34/c1-9-15-27(16-10-2)23-13-11-19(25(3,4)5)17-21(23)22-18-20(26(6,7)8)12-14-24(22)27/h9-14,17-18H,1-2,15-16H2,3-8H3. The molecule has 0 heteroatoms. The Hall–Kier alpha value is -2.08. The molecule has 0 aromatic heterocycles. The van der Waals surface area contributed by atoms with Gasteiger partial charge < -0.3 is 0 Å². The van der Waals surface area contributed by atoms with Gasteiger partial charge in [-0.05, 0) is 57.1 Å². The van der Waals surface area contributed by atoms with Gasteiger partial charge in [-0.3, -0.25) is 0 Å². The summed E-state index contributed by atoms with van der Waals surface area (Å²) in [5, 5.41) is 0. The van der Waals surface area contributed by atoms with Crippen LogP contribution in [-0.4, -0.2) is 0 Å². The maximum atomic E-state index is 4.08. The summed E-state index contributed by atoms with van der Waals surface area (Å²) in [4.78, 5) is 0. The van der Waals surface area contributed by atoms with Crippen molar-refractivity contribution in [2.45, 2.75) is 70.6 Å². The fourth-order valence-corrected chi connectivity index (χ4v) is 4.46. The first kappa shape index (κ1) is 19.7. The summed E-state index contributed by atoms with van der Waals surface area (Å²) < 4.78 is 0. The van der Waals surface area contributed by atoms with Crippen LogP contribution in [0.2, 0.25) is 0 Å². The fraction of sp³-hybridized carbons (Fsp3) is 0.407. The van der Waals surface area contributed by atoms with Crippen LogP contribution >= 0.6 is 0 Å². The lowest BCUT2D eigenvalue weighted by Crippen LogP contribution is -2.24. The van der Waals surface area contributed by atoms with Crippen LogP contribution in [0.25, 0.3) is 11.1 Å². The van der Waals surface area contributed by atoms with Crippen LogP contribution in [0.5, 0.6) is 0 Å². The summed E-state index contributed by atoms with van der Waals surface area (Å²) in [6, 6.07) is 14.2. The Balaban J connectivity index is 2.35. The second-order valence-electron chi connectivity index (χ2n) is 10.1. The molecule has 0 heterocycles. The van der Waals surface area contributed by atoms with Crippen molar-refractivity contribution in [3.8, 4) is 11.1 Å². The summed E-state index contributed by atoms with van der Waals surface area (Å²) >= 11 is 0. The summed E-state index contributed by atoms with van der Waals surface area (Å²) in [6.45, 7) is 21.9. The monoisotopic (exact) mass is 358 g/mol. The molecule has 1 aliphatic carbocycles. The minimum atomic E-state index is -0.0407. The molecule has 2 aromatic carbocycles. The van der Waals surface area contributed by atoms with E-state index in [4.69, 9.17) is 0 Å². The van der Waals surface area contributed by atoms with Gasteiger partial charge in [-0.15, -0.1) is 13.2 Å². The van der Waals surface area contributed by atoms with E-state index in [9.17, 15) is 0 Å². The van der Waals surface area contributed by atoms with Crippen LogP contribution in [0, 0.1) is 0 Å². The van der Waals surface area contributed by atoms with Crippen molar-refractivity contribution < 1.29 is 0 Å². The predicted molar refractivity (Wildman–Crippen MR) is 120 cm³/mol.